The van der Waals surface area contributed by atoms with Gasteiger partial charge < -0.3 is 5.73 Å². The van der Waals surface area contributed by atoms with Crippen LogP contribution in [0, 0.1) is 18.3 Å². The Labute approximate surface area is 110 Å². The number of aromatic nitrogens is 3. The van der Waals surface area contributed by atoms with E-state index in [-0.39, 0.29) is 0 Å². The highest BCUT2D eigenvalue weighted by atomic mass is 15.1. The summed E-state index contributed by atoms with van der Waals surface area (Å²) < 4.78 is 1.69. The lowest BCUT2D eigenvalue weighted by atomic mass is 10.1. The van der Waals surface area contributed by atoms with Gasteiger partial charge in [-0.2, -0.15) is 5.26 Å². The molecule has 0 bridgehead atoms. The Balaban J connectivity index is 2.41. The first kappa shape index (κ1) is 11.2. The number of rotatable bonds is 1. The summed E-state index contributed by atoms with van der Waals surface area (Å²) in [7, 11) is 0. The lowest BCUT2D eigenvalue weighted by molar-refractivity contribution is 1.03. The molecule has 3 aromatic rings. The van der Waals surface area contributed by atoms with Crippen LogP contribution in [-0.2, 0) is 0 Å². The monoisotopic (exact) mass is 249 g/mol. The molecule has 0 saturated heterocycles. The first-order valence-electron chi connectivity index (χ1n) is 5.81. The Morgan fingerprint density at radius 3 is 2.68 bits per heavy atom. The van der Waals surface area contributed by atoms with Crippen molar-refractivity contribution < 1.29 is 0 Å². The molecular weight excluding hydrogens is 238 g/mol. The van der Waals surface area contributed by atoms with Crippen molar-refractivity contribution in [2.24, 2.45) is 0 Å². The molecule has 5 heteroatoms. The predicted octanol–water partition coefficient (Wildman–Crippen LogP) is 2.16. The van der Waals surface area contributed by atoms with E-state index in [0.29, 0.717) is 22.7 Å². The minimum absolute atomic E-state index is 0.375. The van der Waals surface area contributed by atoms with E-state index in [9.17, 15) is 5.26 Å². The molecule has 0 aliphatic rings. The molecule has 0 amide bonds. The van der Waals surface area contributed by atoms with Crippen molar-refractivity contribution in [2.45, 2.75) is 6.92 Å². The number of hydrogen-bond donors (Lipinski definition) is 1. The summed E-state index contributed by atoms with van der Waals surface area (Å²) in [5.41, 5.74) is 8.55. The van der Waals surface area contributed by atoms with Crippen LogP contribution in [-0.4, -0.2) is 14.4 Å². The summed E-state index contributed by atoms with van der Waals surface area (Å²) >= 11 is 0. The van der Waals surface area contributed by atoms with Gasteiger partial charge in [0.1, 0.15) is 23.3 Å². The second kappa shape index (κ2) is 4.10. The van der Waals surface area contributed by atoms with Crippen LogP contribution in [0.25, 0.3) is 16.9 Å². The van der Waals surface area contributed by atoms with E-state index < -0.39 is 0 Å². The maximum Gasteiger partial charge on any atom is 0.159 e. The van der Waals surface area contributed by atoms with E-state index in [0.717, 1.165) is 11.4 Å². The van der Waals surface area contributed by atoms with Gasteiger partial charge in [0, 0.05) is 5.56 Å². The number of hydrogen-bond acceptors (Lipinski definition) is 4. The molecule has 2 N–H and O–H groups in total. The van der Waals surface area contributed by atoms with Gasteiger partial charge in [-0.25, -0.2) is 9.97 Å². The molecule has 0 unspecified atom stereocenters. The van der Waals surface area contributed by atoms with Crippen LogP contribution in [0.5, 0.6) is 0 Å². The third kappa shape index (κ3) is 1.62. The zero-order chi connectivity index (χ0) is 13.4. The smallest absolute Gasteiger partial charge is 0.159 e. The molecule has 0 aliphatic carbocycles. The average Bonchev–Trinajstić information content (AvgIpc) is 2.81. The van der Waals surface area contributed by atoms with Crippen LogP contribution in [0.15, 0.2) is 36.5 Å². The molecule has 92 valence electrons. The molecule has 0 radical (unpaired) electrons. The van der Waals surface area contributed by atoms with Crippen molar-refractivity contribution in [2.75, 3.05) is 5.73 Å². The lowest BCUT2D eigenvalue weighted by Crippen LogP contribution is -2.06. The highest BCUT2D eigenvalue weighted by Gasteiger charge is 2.15. The van der Waals surface area contributed by atoms with Gasteiger partial charge >= 0.3 is 0 Å². The molecule has 2 aromatic heterocycles. The third-order valence-corrected chi connectivity index (χ3v) is 3.04. The maximum atomic E-state index is 9.34. The summed E-state index contributed by atoms with van der Waals surface area (Å²) in [4.78, 5) is 8.67. The van der Waals surface area contributed by atoms with Gasteiger partial charge in [0.15, 0.2) is 5.65 Å². The zero-order valence-corrected chi connectivity index (χ0v) is 10.3. The molecule has 0 aliphatic heterocycles. The van der Waals surface area contributed by atoms with E-state index >= 15 is 0 Å². The number of nitrogens with zero attached hydrogens (tertiary/aromatic N) is 4. The molecule has 19 heavy (non-hydrogen) atoms. The first-order chi connectivity index (χ1) is 9.22. The quantitative estimate of drug-likeness (QED) is 0.716. The van der Waals surface area contributed by atoms with Crippen LogP contribution in [0.4, 0.5) is 5.82 Å². The van der Waals surface area contributed by atoms with E-state index in [1.54, 1.807) is 10.6 Å². The number of fused-ring (bicyclic) bond motifs is 1. The van der Waals surface area contributed by atoms with Crippen molar-refractivity contribution in [3.05, 3.63) is 47.9 Å². The number of nitrogens with two attached hydrogens (primary N) is 1. The second-order valence-corrected chi connectivity index (χ2v) is 4.20. The average molecular weight is 249 g/mol. The number of nitriles is 1. The van der Waals surface area contributed by atoms with E-state index in [2.05, 4.69) is 16.0 Å². The topological polar surface area (TPSA) is 80.0 Å². The number of nitrogen functional groups attached to an aromatic ring is 1. The molecule has 0 saturated carbocycles. The van der Waals surface area contributed by atoms with Crippen molar-refractivity contribution in [1.29, 1.82) is 5.26 Å². The van der Waals surface area contributed by atoms with Crippen LogP contribution in [0.2, 0.25) is 0 Å². The number of aryl methyl sites for hydroxylation is 1. The minimum atomic E-state index is 0.375. The van der Waals surface area contributed by atoms with Crippen molar-refractivity contribution in [3.63, 3.8) is 0 Å². The van der Waals surface area contributed by atoms with Crippen LogP contribution >= 0.6 is 0 Å². The van der Waals surface area contributed by atoms with E-state index in [4.69, 9.17) is 5.73 Å². The highest BCUT2D eigenvalue weighted by Crippen LogP contribution is 2.26. The van der Waals surface area contributed by atoms with Gasteiger partial charge in [-0.1, -0.05) is 30.3 Å². The number of imidazole rings is 1. The Bertz CT molecular complexity index is 796. The van der Waals surface area contributed by atoms with Gasteiger partial charge in [-0.15, -0.1) is 0 Å². The maximum absolute atomic E-state index is 9.34. The molecule has 2 heterocycles. The Morgan fingerprint density at radius 1 is 1.26 bits per heavy atom. The second-order valence-electron chi connectivity index (χ2n) is 4.20. The minimum Gasteiger partial charge on any atom is -0.384 e. The van der Waals surface area contributed by atoms with Crippen molar-refractivity contribution in [3.8, 4) is 17.3 Å². The summed E-state index contributed by atoms with van der Waals surface area (Å²) in [6.45, 7) is 1.83. The summed E-state index contributed by atoms with van der Waals surface area (Å²) in [5.74, 6) is 1.09. The summed E-state index contributed by atoms with van der Waals surface area (Å²) in [6.07, 6.45) is 1.65. The normalized spacial score (nSPS) is 10.5. The number of benzene rings is 1. The fourth-order valence-corrected chi connectivity index (χ4v) is 2.13. The van der Waals surface area contributed by atoms with Crippen LogP contribution < -0.4 is 5.73 Å². The molecule has 5 nitrogen and oxygen atoms in total. The van der Waals surface area contributed by atoms with Crippen molar-refractivity contribution >= 4 is 11.5 Å². The third-order valence-electron chi connectivity index (χ3n) is 3.04. The van der Waals surface area contributed by atoms with Crippen molar-refractivity contribution in [1.82, 2.24) is 14.4 Å². The largest absolute Gasteiger partial charge is 0.384 e. The standard InChI is InChI=1S/C14H11N5/c1-9-17-8-12-18-13(10-5-3-2-4-6-10)11(7-15)14(16)19(9)12/h2-6,8H,16H2,1H3. The molecule has 0 fully saturated rings. The molecular formula is C14H11N5. The van der Waals surface area contributed by atoms with Gasteiger partial charge in [0.25, 0.3) is 0 Å². The highest BCUT2D eigenvalue weighted by molar-refractivity contribution is 5.75. The van der Waals surface area contributed by atoms with E-state index in [1.165, 1.54) is 0 Å². The van der Waals surface area contributed by atoms with Crippen LogP contribution in [0.3, 0.4) is 0 Å². The fourth-order valence-electron chi connectivity index (χ4n) is 2.13. The van der Waals surface area contributed by atoms with Gasteiger partial charge in [-0.3, -0.25) is 4.40 Å². The van der Waals surface area contributed by atoms with Gasteiger partial charge in [0.2, 0.25) is 0 Å². The Hall–Kier alpha value is -2.87. The zero-order valence-electron chi connectivity index (χ0n) is 10.3. The predicted molar refractivity (Wildman–Crippen MR) is 72.3 cm³/mol. The molecule has 1 aromatic carbocycles. The lowest BCUT2D eigenvalue weighted by Gasteiger charge is -2.09. The summed E-state index contributed by atoms with van der Waals surface area (Å²) in [5, 5.41) is 9.34. The first-order valence-corrected chi connectivity index (χ1v) is 5.81. The molecule has 0 atom stereocenters. The number of anilines is 1. The van der Waals surface area contributed by atoms with Gasteiger partial charge in [0.05, 0.1) is 11.9 Å². The molecule has 0 spiro atoms. The summed E-state index contributed by atoms with van der Waals surface area (Å²) in [6, 6.07) is 11.7. The van der Waals surface area contributed by atoms with Gasteiger partial charge in [-0.05, 0) is 6.92 Å². The van der Waals surface area contributed by atoms with E-state index in [1.807, 2.05) is 37.3 Å². The molecule has 3 rings (SSSR count). The Morgan fingerprint density at radius 2 is 2.00 bits per heavy atom. The SMILES string of the molecule is Cc1ncc2nc(-c3ccccc3)c(C#N)c(N)n12. The Kier molecular flexibility index (Phi) is 2.43. The fraction of sp³-hybridized carbons (Fsp3) is 0.0714. The van der Waals surface area contributed by atoms with Crippen LogP contribution in [0.1, 0.15) is 11.4 Å².